The Bertz CT molecular complexity index is 499. The number of benzene rings is 1. The summed E-state index contributed by atoms with van der Waals surface area (Å²) in [7, 11) is 0. The number of rotatable bonds is 5. The van der Waals surface area contributed by atoms with Crippen molar-refractivity contribution in [3.8, 4) is 0 Å². The molecular weight excluding hydrogens is 276 g/mol. The SMILES string of the molecule is CC(C)CCC(=O)N1CCCC(C(=O)Nc2ccccc2)C1. The van der Waals surface area contributed by atoms with E-state index in [1.54, 1.807) is 0 Å². The van der Waals surface area contributed by atoms with Gasteiger partial charge in [-0.1, -0.05) is 32.0 Å². The summed E-state index contributed by atoms with van der Waals surface area (Å²) in [5.74, 6) is 0.640. The predicted octanol–water partition coefficient (Wildman–Crippen LogP) is 3.30. The van der Waals surface area contributed by atoms with E-state index >= 15 is 0 Å². The molecule has 4 nitrogen and oxygen atoms in total. The van der Waals surface area contributed by atoms with Crippen molar-refractivity contribution in [3.05, 3.63) is 30.3 Å². The van der Waals surface area contributed by atoms with Crippen molar-refractivity contribution in [2.45, 2.75) is 39.5 Å². The van der Waals surface area contributed by atoms with Gasteiger partial charge in [-0.05, 0) is 37.3 Å². The second-order valence-electron chi connectivity index (χ2n) is 6.47. The first kappa shape index (κ1) is 16.5. The van der Waals surface area contributed by atoms with Crippen molar-refractivity contribution in [1.82, 2.24) is 4.90 Å². The fraction of sp³-hybridized carbons (Fsp3) is 0.556. The summed E-state index contributed by atoms with van der Waals surface area (Å²) in [6.07, 6.45) is 3.26. The molecule has 0 saturated carbocycles. The molecule has 2 rings (SSSR count). The van der Waals surface area contributed by atoms with Gasteiger partial charge in [0.05, 0.1) is 5.92 Å². The fourth-order valence-corrected chi connectivity index (χ4v) is 2.75. The molecule has 1 aliphatic rings. The molecule has 1 heterocycles. The van der Waals surface area contributed by atoms with E-state index in [4.69, 9.17) is 0 Å². The molecule has 0 aliphatic carbocycles. The average Bonchev–Trinajstić information content (AvgIpc) is 2.53. The van der Waals surface area contributed by atoms with Crippen LogP contribution in [-0.4, -0.2) is 29.8 Å². The van der Waals surface area contributed by atoms with E-state index in [0.29, 0.717) is 18.9 Å². The average molecular weight is 302 g/mol. The molecule has 120 valence electrons. The zero-order valence-corrected chi connectivity index (χ0v) is 13.5. The molecule has 1 atom stereocenters. The number of hydrogen-bond donors (Lipinski definition) is 1. The summed E-state index contributed by atoms with van der Waals surface area (Å²) >= 11 is 0. The van der Waals surface area contributed by atoms with Crippen molar-refractivity contribution >= 4 is 17.5 Å². The Morgan fingerprint density at radius 3 is 2.68 bits per heavy atom. The van der Waals surface area contributed by atoms with Gasteiger partial charge in [0.15, 0.2) is 0 Å². The number of nitrogens with zero attached hydrogens (tertiary/aromatic N) is 1. The van der Waals surface area contributed by atoms with Gasteiger partial charge in [-0.15, -0.1) is 0 Å². The lowest BCUT2D eigenvalue weighted by molar-refractivity contribution is -0.134. The molecule has 1 aromatic carbocycles. The van der Waals surface area contributed by atoms with Crippen molar-refractivity contribution < 1.29 is 9.59 Å². The fourth-order valence-electron chi connectivity index (χ4n) is 2.75. The van der Waals surface area contributed by atoms with E-state index in [1.807, 2.05) is 35.2 Å². The van der Waals surface area contributed by atoms with Crippen molar-refractivity contribution in [3.63, 3.8) is 0 Å². The molecule has 0 spiro atoms. The first-order valence-electron chi connectivity index (χ1n) is 8.20. The third-order valence-corrected chi connectivity index (χ3v) is 4.12. The van der Waals surface area contributed by atoms with Crippen molar-refractivity contribution in [2.24, 2.45) is 11.8 Å². The van der Waals surface area contributed by atoms with E-state index in [9.17, 15) is 9.59 Å². The maximum Gasteiger partial charge on any atom is 0.229 e. The van der Waals surface area contributed by atoms with Crippen LogP contribution >= 0.6 is 0 Å². The van der Waals surface area contributed by atoms with E-state index in [2.05, 4.69) is 19.2 Å². The van der Waals surface area contributed by atoms with E-state index in [1.165, 1.54) is 0 Å². The number of piperidine rings is 1. The molecule has 1 aromatic rings. The molecule has 1 unspecified atom stereocenters. The number of amides is 2. The summed E-state index contributed by atoms with van der Waals surface area (Å²) in [5, 5.41) is 2.94. The normalized spacial score (nSPS) is 18.3. The largest absolute Gasteiger partial charge is 0.342 e. The second-order valence-corrected chi connectivity index (χ2v) is 6.47. The van der Waals surface area contributed by atoms with Crippen molar-refractivity contribution in [2.75, 3.05) is 18.4 Å². The number of hydrogen-bond acceptors (Lipinski definition) is 2. The minimum Gasteiger partial charge on any atom is -0.342 e. The summed E-state index contributed by atoms with van der Waals surface area (Å²) in [5.41, 5.74) is 0.816. The number of para-hydroxylation sites is 1. The predicted molar refractivity (Wildman–Crippen MR) is 88.4 cm³/mol. The number of carbonyl (C=O) groups is 2. The lowest BCUT2D eigenvalue weighted by Gasteiger charge is -2.32. The van der Waals surface area contributed by atoms with Gasteiger partial charge < -0.3 is 10.2 Å². The highest BCUT2D eigenvalue weighted by Crippen LogP contribution is 2.20. The molecular formula is C18H26N2O2. The third-order valence-electron chi connectivity index (χ3n) is 4.12. The van der Waals surface area contributed by atoms with Crippen LogP contribution in [0, 0.1) is 11.8 Å². The maximum atomic E-state index is 12.4. The van der Waals surface area contributed by atoms with Gasteiger partial charge in [0, 0.05) is 25.2 Å². The zero-order valence-electron chi connectivity index (χ0n) is 13.5. The smallest absolute Gasteiger partial charge is 0.229 e. The Balaban J connectivity index is 1.87. The van der Waals surface area contributed by atoms with Gasteiger partial charge in [-0.3, -0.25) is 9.59 Å². The lowest BCUT2D eigenvalue weighted by Crippen LogP contribution is -2.43. The van der Waals surface area contributed by atoms with Crippen LogP contribution in [-0.2, 0) is 9.59 Å². The first-order valence-corrected chi connectivity index (χ1v) is 8.20. The van der Waals surface area contributed by atoms with E-state index in [0.717, 1.165) is 31.5 Å². The molecule has 1 N–H and O–H groups in total. The standard InChI is InChI=1S/C18H26N2O2/c1-14(2)10-11-17(21)20-12-6-7-15(13-20)18(22)19-16-8-4-3-5-9-16/h3-5,8-9,14-15H,6-7,10-13H2,1-2H3,(H,19,22). The van der Waals surface area contributed by atoms with Gasteiger partial charge in [0.25, 0.3) is 0 Å². The highest BCUT2D eigenvalue weighted by atomic mass is 16.2. The van der Waals surface area contributed by atoms with E-state index < -0.39 is 0 Å². The summed E-state index contributed by atoms with van der Waals surface area (Å²) in [6.45, 7) is 5.58. The molecule has 0 bridgehead atoms. The topological polar surface area (TPSA) is 49.4 Å². The number of likely N-dealkylation sites (tertiary alicyclic amines) is 1. The summed E-state index contributed by atoms with van der Waals surface area (Å²) in [4.78, 5) is 26.4. The van der Waals surface area contributed by atoms with Gasteiger partial charge in [-0.2, -0.15) is 0 Å². The highest BCUT2D eigenvalue weighted by Gasteiger charge is 2.28. The number of anilines is 1. The molecule has 1 fully saturated rings. The van der Waals surface area contributed by atoms with Crippen LogP contribution in [0.2, 0.25) is 0 Å². The molecule has 0 aromatic heterocycles. The van der Waals surface area contributed by atoms with Crippen molar-refractivity contribution in [1.29, 1.82) is 0 Å². The van der Waals surface area contributed by atoms with Gasteiger partial charge >= 0.3 is 0 Å². The maximum absolute atomic E-state index is 12.4. The summed E-state index contributed by atoms with van der Waals surface area (Å²) < 4.78 is 0. The second kappa shape index (κ2) is 7.97. The lowest BCUT2D eigenvalue weighted by atomic mass is 9.96. The van der Waals surface area contributed by atoms with Crippen LogP contribution in [0.5, 0.6) is 0 Å². The monoisotopic (exact) mass is 302 g/mol. The minimum absolute atomic E-state index is 0.0209. The summed E-state index contributed by atoms with van der Waals surface area (Å²) in [6, 6.07) is 9.49. The first-order chi connectivity index (χ1) is 10.6. The zero-order chi connectivity index (χ0) is 15.9. The molecule has 0 radical (unpaired) electrons. The number of nitrogens with one attached hydrogen (secondary N) is 1. The molecule has 1 saturated heterocycles. The Morgan fingerprint density at radius 2 is 2.00 bits per heavy atom. The molecule has 1 aliphatic heterocycles. The van der Waals surface area contributed by atoms with Gasteiger partial charge in [-0.25, -0.2) is 0 Å². The van der Waals surface area contributed by atoms with Crippen LogP contribution in [0.25, 0.3) is 0 Å². The third kappa shape index (κ3) is 4.86. The highest BCUT2D eigenvalue weighted by molar-refractivity contribution is 5.93. The molecule has 2 amide bonds. The van der Waals surface area contributed by atoms with Crippen LogP contribution in [0.1, 0.15) is 39.5 Å². The number of carbonyl (C=O) groups excluding carboxylic acids is 2. The Hall–Kier alpha value is -1.84. The molecule has 22 heavy (non-hydrogen) atoms. The Kier molecular flexibility index (Phi) is 5.99. The van der Waals surface area contributed by atoms with Gasteiger partial charge in [0.2, 0.25) is 11.8 Å². The van der Waals surface area contributed by atoms with Crippen LogP contribution in [0.4, 0.5) is 5.69 Å². The van der Waals surface area contributed by atoms with E-state index in [-0.39, 0.29) is 17.7 Å². The van der Waals surface area contributed by atoms with Gasteiger partial charge in [0.1, 0.15) is 0 Å². The Morgan fingerprint density at radius 1 is 1.27 bits per heavy atom. The molecule has 4 heteroatoms. The quantitative estimate of drug-likeness (QED) is 0.907. The minimum atomic E-state index is -0.100. The van der Waals surface area contributed by atoms with Crippen LogP contribution in [0.3, 0.4) is 0 Å². The Labute approximate surface area is 132 Å². The van der Waals surface area contributed by atoms with Crippen LogP contribution < -0.4 is 5.32 Å². The van der Waals surface area contributed by atoms with Crippen LogP contribution in [0.15, 0.2) is 30.3 Å².